The Morgan fingerprint density at radius 1 is 0.525 bits per heavy atom. The van der Waals surface area contributed by atoms with Crippen molar-refractivity contribution in [1.82, 2.24) is 15.0 Å². The molecule has 0 fully saturated rings. The molecule has 9 rings (SSSR count). The first kappa shape index (κ1) is 21.5. The van der Waals surface area contributed by atoms with E-state index in [4.69, 9.17) is 19.4 Å². The van der Waals surface area contributed by atoms with Crippen LogP contribution in [0.25, 0.3) is 22.5 Å². The molecule has 6 nitrogen and oxygen atoms in total. The molecule has 0 bridgehead atoms. The second kappa shape index (κ2) is 8.04. The quantitative estimate of drug-likeness (QED) is 0.281. The average molecular weight is 514 g/mol. The van der Waals surface area contributed by atoms with Gasteiger partial charge in [0.25, 0.3) is 6.71 Å². The van der Waals surface area contributed by atoms with E-state index < -0.39 is 0 Å². The molecule has 40 heavy (non-hydrogen) atoms. The van der Waals surface area contributed by atoms with Crippen LogP contribution in [0.5, 0.6) is 23.0 Å². The molecule has 0 amide bonds. The minimum atomic E-state index is -0.124. The zero-order valence-corrected chi connectivity index (χ0v) is 21.2. The zero-order valence-electron chi connectivity index (χ0n) is 21.2. The molecule has 0 saturated carbocycles. The van der Waals surface area contributed by atoms with E-state index in [1.807, 2.05) is 79.4 Å². The zero-order chi connectivity index (χ0) is 26.2. The van der Waals surface area contributed by atoms with Gasteiger partial charge in [0.15, 0.2) is 11.5 Å². The van der Waals surface area contributed by atoms with Crippen LogP contribution in [0.3, 0.4) is 0 Å². The molecule has 0 radical (unpaired) electrons. The van der Waals surface area contributed by atoms with Gasteiger partial charge in [0.05, 0.1) is 36.2 Å². The van der Waals surface area contributed by atoms with E-state index in [1.165, 1.54) is 0 Å². The molecule has 3 aromatic carbocycles. The maximum atomic E-state index is 6.76. The molecule has 0 aliphatic carbocycles. The third kappa shape index (κ3) is 2.86. The maximum absolute atomic E-state index is 6.76. The number of nitrogens with zero attached hydrogens (tertiary/aromatic N) is 4. The van der Waals surface area contributed by atoms with Crippen LogP contribution in [-0.4, -0.2) is 21.7 Å². The van der Waals surface area contributed by atoms with Crippen LogP contribution in [0.2, 0.25) is 0 Å². The number of aromatic nitrogens is 3. The van der Waals surface area contributed by atoms with E-state index in [9.17, 15) is 0 Å². The minimum absolute atomic E-state index is 0.124. The summed E-state index contributed by atoms with van der Waals surface area (Å²) in [6.45, 7) is -0.124. The van der Waals surface area contributed by atoms with Crippen LogP contribution >= 0.6 is 0 Å². The Hall–Kier alpha value is -5.43. The van der Waals surface area contributed by atoms with Gasteiger partial charge >= 0.3 is 0 Å². The highest BCUT2D eigenvalue weighted by molar-refractivity contribution is 7.00. The van der Waals surface area contributed by atoms with E-state index >= 15 is 0 Å². The summed E-state index contributed by atoms with van der Waals surface area (Å²) in [7, 11) is 0. The molecule has 0 unspecified atom stereocenters. The summed E-state index contributed by atoms with van der Waals surface area (Å²) in [6, 6.07) is 30.6. The second-order valence-electron chi connectivity index (χ2n) is 10.1. The number of hydrogen-bond acceptors (Lipinski definition) is 6. The van der Waals surface area contributed by atoms with Crippen LogP contribution in [0.1, 0.15) is 0 Å². The highest BCUT2D eigenvalue weighted by atomic mass is 16.5. The molecule has 0 N–H and O–H groups in total. The molecule has 0 atom stereocenters. The third-order valence-corrected chi connectivity index (χ3v) is 7.90. The van der Waals surface area contributed by atoms with Crippen molar-refractivity contribution in [2.45, 2.75) is 0 Å². The second-order valence-corrected chi connectivity index (χ2v) is 10.1. The van der Waals surface area contributed by atoms with Gasteiger partial charge in [-0.2, -0.15) is 0 Å². The molecule has 6 aromatic rings. The Kier molecular flexibility index (Phi) is 4.32. The van der Waals surface area contributed by atoms with E-state index in [2.05, 4.69) is 46.3 Å². The van der Waals surface area contributed by atoms with Gasteiger partial charge in [-0.1, -0.05) is 78.9 Å². The lowest BCUT2D eigenvalue weighted by molar-refractivity contribution is 0.460. The van der Waals surface area contributed by atoms with E-state index in [0.717, 1.165) is 67.5 Å². The van der Waals surface area contributed by atoms with Crippen molar-refractivity contribution in [3.63, 3.8) is 0 Å². The van der Waals surface area contributed by atoms with Gasteiger partial charge in [-0.25, -0.2) is 4.98 Å². The first-order valence-electron chi connectivity index (χ1n) is 13.2. The summed E-state index contributed by atoms with van der Waals surface area (Å²) < 4.78 is 13.4. The normalized spacial score (nSPS) is 13.3. The predicted octanol–water partition coefficient (Wildman–Crippen LogP) is 5.72. The van der Waals surface area contributed by atoms with Gasteiger partial charge in [-0.15, -0.1) is 0 Å². The van der Waals surface area contributed by atoms with Gasteiger partial charge in [-0.3, -0.25) is 9.97 Å². The largest absolute Gasteiger partial charge is 0.454 e. The lowest BCUT2D eigenvalue weighted by Crippen LogP contribution is -2.62. The molecule has 3 aliphatic heterocycles. The van der Waals surface area contributed by atoms with Crippen molar-refractivity contribution in [2.75, 3.05) is 4.90 Å². The van der Waals surface area contributed by atoms with Crippen LogP contribution in [0.15, 0.2) is 116 Å². The number of para-hydroxylation sites is 1. The molecular formula is C33H19BN4O2. The Balaban J connectivity index is 1.39. The Labute approximate surface area is 230 Å². The van der Waals surface area contributed by atoms with E-state index in [0.29, 0.717) is 11.5 Å². The van der Waals surface area contributed by atoms with Gasteiger partial charge in [0.2, 0.25) is 0 Å². The van der Waals surface area contributed by atoms with Crippen molar-refractivity contribution in [1.29, 1.82) is 0 Å². The molecule has 0 spiro atoms. The fraction of sp³-hybridized carbons (Fsp3) is 0. The molecule has 186 valence electrons. The van der Waals surface area contributed by atoms with Crippen molar-refractivity contribution in [3.05, 3.63) is 116 Å². The van der Waals surface area contributed by atoms with Gasteiger partial charge in [-0.05, 0) is 12.1 Å². The molecule has 3 aliphatic rings. The van der Waals surface area contributed by atoms with Crippen LogP contribution < -0.4 is 30.8 Å². The fourth-order valence-corrected chi connectivity index (χ4v) is 6.24. The first-order chi connectivity index (χ1) is 19.9. The summed E-state index contributed by atoms with van der Waals surface area (Å²) >= 11 is 0. The van der Waals surface area contributed by atoms with Crippen molar-refractivity contribution < 1.29 is 9.47 Å². The third-order valence-electron chi connectivity index (χ3n) is 7.90. The first-order valence-corrected chi connectivity index (χ1v) is 13.2. The monoisotopic (exact) mass is 514 g/mol. The number of rotatable bonds is 3. The number of pyridine rings is 3. The summed E-state index contributed by atoms with van der Waals surface area (Å²) in [5, 5.41) is 0. The van der Waals surface area contributed by atoms with Gasteiger partial charge in [0, 0.05) is 33.2 Å². The van der Waals surface area contributed by atoms with Crippen molar-refractivity contribution in [2.24, 2.45) is 0 Å². The Bertz CT molecular complexity index is 1970. The SMILES string of the molecule is c1ccc(-c2ncc3c4c2Oc2cncc5c2B4c2c(cnc(-c4ccccc4)c2O3)N5c2ccccc2)cc1. The smallest absolute Gasteiger partial charge is 0.266 e. The highest BCUT2D eigenvalue weighted by Crippen LogP contribution is 2.47. The molecule has 6 heterocycles. The van der Waals surface area contributed by atoms with E-state index in [-0.39, 0.29) is 6.71 Å². The summed E-state index contributed by atoms with van der Waals surface area (Å²) in [5.41, 5.74) is 9.65. The number of benzene rings is 3. The topological polar surface area (TPSA) is 60.4 Å². The number of anilines is 3. The lowest BCUT2D eigenvalue weighted by atomic mass is 9.33. The summed E-state index contributed by atoms with van der Waals surface area (Å²) in [4.78, 5) is 16.7. The molecule has 0 saturated heterocycles. The van der Waals surface area contributed by atoms with Crippen LogP contribution in [0.4, 0.5) is 17.1 Å². The molecular weight excluding hydrogens is 495 g/mol. The Morgan fingerprint density at radius 2 is 1.07 bits per heavy atom. The summed E-state index contributed by atoms with van der Waals surface area (Å²) in [6.07, 6.45) is 7.52. The minimum Gasteiger partial charge on any atom is -0.454 e. The van der Waals surface area contributed by atoms with Gasteiger partial charge < -0.3 is 14.4 Å². The van der Waals surface area contributed by atoms with Crippen LogP contribution in [-0.2, 0) is 0 Å². The highest BCUT2D eigenvalue weighted by Gasteiger charge is 2.49. The summed E-state index contributed by atoms with van der Waals surface area (Å²) in [5.74, 6) is 2.87. The van der Waals surface area contributed by atoms with Crippen molar-refractivity contribution in [3.8, 4) is 45.5 Å². The number of ether oxygens (including phenoxy) is 2. The van der Waals surface area contributed by atoms with Crippen LogP contribution in [0, 0.1) is 0 Å². The van der Waals surface area contributed by atoms with Gasteiger partial charge in [0.1, 0.15) is 22.9 Å². The fourth-order valence-electron chi connectivity index (χ4n) is 6.24. The van der Waals surface area contributed by atoms with E-state index in [1.54, 1.807) is 0 Å². The standard InChI is InChI=1S/C33H19BN4O2/c1-4-10-20(11-5-1)30-32-28-24(17-36-30)38(22-14-8-3-9-15-22)23-16-35-18-25-27(23)34(28)29-26(40-32)19-37-31(33(29)39-25)21-12-6-2-7-13-21/h1-19H. The molecule has 7 heteroatoms. The Morgan fingerprint density at radius 3 is 1.75 bits per heavy atom. The molecule has 3 aromatic heterocycles. The average Bonchev–Trinajstić information content (AvgIpc) is 3.02. The number of hydrogen-bond donors (Lipinski definition) is 0. The predicted molar refractivity (Wildman–Crippen MR) is 157 cm³/mol. The maximum Gasteiger partial charge on any atom is 0.266 e. The van der Waals surface area contributed by atoms with Crippen molar-refractivity contribution >= 4 is 40.2 Å². The lowest BCUT2D eigenvalue weighted by Gasteiger charge is -2.42.